The number of anilines is 1. The van der Waals surface area contributed by atoms with Gasteiger partial charge in [-0.1, -0.05) is 27.7 Å². The van der Waals surface area contributed by atoms with Gasteiger partial charge in [0.25, 0.3) is 0 Å². The molecule has 38 heavy (non-hydrogen) atoms. The molecule has 1 aromatic carbocycles. The summed E-state index contributed by atoms with van der Waals surface area (Å²) in [6, 6.07) is 7.05. The highest BCUT2D eigenvalue weighted by Gasteiger charge is 2.52. The summed E-state index contributed by atoms with van der Waals surface area (Å²) in [5.41, 5.74) is 1.93. The summed E-state index contributed by atoms with van der Waals surface area (Å²) >= 11 is 0. The second-order valence-electron chi connectivity index (χ2n) is 11.1. The maximum atomic E-state index is 13.1. The molecule has 0 radical (unpaired) electrons. The normalized spacial score (nSPS) is 30.4. The van der Waals surface area contributed by atoms with E-state index >= 15 is 0 Å². The summed E-state index contributed by atoms with van der Waals surface area (Å²) in [4.78, 5) is 32.7. The fourth-order valence-electron chi connectivity index (χ4n) is 6.27. The molecular weight excluding hydrogens is 486 g/mol. The van der Waals surface area contributed by atoms with Crippen LogP contribution in [0.4, 0.5) is 5.69 Å². The molecule has 3 aromatic rings. The number of rotatable bonds is 7. The van der Waals surface area contributed by atoms with Gasteiger partial charge in [0, 0.05) is 31.5 Å². The van der Waals surface area contributed by atoms with E-state index < -0.39 is 11.8 Å². The van der Waals surface area contributed by atoms with Crippen molar-refractivity contribution in [3.05, 3.63) is 47.6 Å². The molecule has 2 fully saturated rings. The third-order valence-corrected chi connectivity index (χ3v) is 8.54. The largest absolute Gasteiger partial charge is 0.478 e. The van der Waals surface area contributed by atoms with Crippen molar-refractivity contribution in [1.29, 1.82) is 0 Å². The molecule has 7 atom stereocenters. The number of benzene rings is 1. The maximum absolute atomic E-state index is 13.1. The molecule has 5 rings (SSSR count). The average molecular weight is 524 g/mol. The van der Waals surface area contributed by atoms with Crippen LogP contribution in [0.1, 0.15) is 73.7 Å². The Kier molecular flexibility index (Phi) is 7.09. The lowest BCUT2D eigenvalue weighted by atomic mass is 9.75. The van der Waals surface area contributed by atoms with Gasteiger partial charge in [-0.25, -0.2) is 9.78 Å². The minimum atomic E-state index is -1.06. The Hall–Kier alpha value is -3.17. The smallest absolute Gasteiger partial charge is 0.340 e. The van der Waals surface area contributed by atoms with Crippen molar-refractivity contribution in [3.8, 4) is 0 Å². The van der Waals surface area contributed by atoms with Crippen molar-refractivity contribution in [1.82, 2.24) is 9.97 Å². The van der Waals surface area contributed by atoms with Crippen LogP contribution in [0, 0.1) is 23.7 Å². The van der Waals surface area contributed by atoms with Crippen molar-refractivity contribution in [2.45, 2.75) is 71.4 Å². The van der Waals surface area contributed by atoms with Gasteiger partial charge >= 0.3 is 5.97 Å². The molecule has 2 aromatic heterocycles. The van der Waals surface area contributed by atoms with Gasteiger partial charge in [-0.05, 0) is 48.9 Å². The number of nitrogens with one attached hydrogen (secondary N) is 2. The number of aromatic amines is 1. The molecule has 2 saturated heterocycles. The Morgan fingerprint density at radius 3 is 2.68 bits per heavy atom. The van der Waals surface area contributed by atoms with E-state index in [9.17, 15) is 14.7 Å². The van der Waals surface area contributed by atoms with Crippen LogP contribution >= 0.6 is 0 Å². The number of Topliss-reactive ketones (excluding diaryl/α,β-unsaturated/α-hetero) is 1. The molecule has 2 aliphatic heterocycles. The molecule has 3 N–H and O–H groups in total. The Labute approximate surface area is 222 Å². The maximum Gasteiger partial charge on any atom is 0.340 e. The number of nitrogens with zero attached hydrogens (tertiary/aromatic N) is 1. The number of carbonyl (C=O) groups excluding carboxylic acids is 1. The summed E-state index contributed by atoms with van der Waals surface area (Å²) in [5, 5.41) is 12.7. The van der Waals surface area contributed by atoms with Gasteiger partial charge in [0.1, 0.15) is 11.1 Å². The number of aromatic carboxylic acids is 1. The summed E-state index contributed by atoms with van der Waals surface area (Å²) in [6.07, 6.45) is 4.22. The van der Waals surface area contributed by atoms with Crippen molar-refractivity contribution in [2.75, 3.05) is 12.4 Å². The van der Waals surface area contributed by atoms with E-state index in [0.29, 0.717) is 34.8 Å². The van der Waals surface area contributed by atoms with Crippen LogP contribution in [-0.2, 0) is 15.9 Å². The predicted octanol–water partition coefficient (Wildman–Crippen LogP) is 5.53. The summed E-state index contributed by atoms with van der Waals surface area (Å²) in [6.45, 7) is 8.39. The summed E-state index contributed by atoms with van der Waals surface area (Å²) in [7, 11) is 1.68. The lowest BCUT2D eigenvalue weighted by Crippen LogP contribution is -2.58. The molecular formula is C29H37N3O6. The minimum Gasteiger partial charge on any atom is -0.478 e. The molecule has 0 amide bonds. The Bertz CT molecular complexity index is 1320. The van der Waals surface area contributed by atoms with Crippen LogP contribution in [-0.4, -0.2) is 51.9 Å². The fraction of sp³-hybridized carbons (Fsp3) is 0.552. The van der Waals surface area contributed by atoms with Crippen molar-refractivity contribution in [3.63, 3.8) is 0 Å². The first-order valence-corrected chi connectivity index (χ1v) is 13.5. The number of aromatic nitrogens is 2. The first-order chi connectivity index (χ1) is 18.1. The van der Waals surface area contributed by atoms with Crippen LogP contribution < -0.4 is 5.32 Å². The SMILES string of the molecule is CNc1ccc2oc(C[C@@H]3O[C@@]4(CC[C@@H]3C)O[C@H]([C@@H](C)C(=O)c3ccc[nH]3)[C@H](C)C[C@H]4C)nc2c1C(=O)O. The molecule has 204 valence electrons. The fourth-order valence-corrected chi connectivity index (χ4v) is 6.27. The van der Waals surface area contributed by atoms with Gasteiger partial charge in [-0.15, -0.1) is 0 Å². The number of H-pyrrole nitrogens is 1. The zero-order valence-corrected chi connectivity index (χ0v) is 22.6. The van der Waals surface area contributed by atoms with E-state index in [2.05, 4.69) is 36.1 Å². The lowest BCUT2D eigenvalue weighted by molar-refractivity contribution is -0.355. The highest BCUT2D eigenvalue weighted by molar-refractivity contribution is 6.06. The van der Waals surface area contributed by atoms with Crippen molar-refractivity contribution < 1.29 is 28.6 Å². The number of oxazole rings is 1. The average Bonchev–Trinajstić information content (AvgIpc) is 3.57. The van der Waals surface area contributed by atoms with E-state index in [4.69, 9.17) is 13.9 Å². The second kappa shape index (κ2) is 10.2. The number of carboxylic acids is 1. The number of ether oxygens (including phenoxy) is 2. The summed E-state index contributed by atoms with van der Waals surface area (Å²) in [5.74, 6) is -1.11. The van der Waals surface area contributed by atoms with Crippen LogP contribution in [0.3, 0.4) is 0 Å². The zero-order chi connectivity index (χ0) is 27.2. The number of hydrogen-bond acceptors (Lipinski definition) is 7. The van der Waals surface area contributed by atoms with E-state index in [-0.39, 0.29) is 47.2 Å². The number of ketones is 1. The van der Waals surface area contributed by atoms with E-state index in [1.54, 1.807) is 31.4 Å². The highest BCUT2D eigenvalue weighted by atomic mass is 16.7. The molecule has 9 nitrogen and oxygen atoms in total. The molecule has 0 aliphatic carbocycles. The first-order valence-electron chi connectivity index (χ1n) is 13.5. The number of hydrogen-bond donors (Lipinski definition) is 3. The lowest BCUT2D eigenvalue weighted by Gasteiger charge is -2.53. The Morgan fingerprint density at radius 1 is 1.21 bits per heavy atom. The van der Waals surface area contributed by atoms with Crippen LogP contribution in [0.25, 0.3) is 11.1 Å². The standard InChI is InChI=1S/C29H37N3O6/c1-15-10-11-29(17(3)13-16(2)27(38-29)18(4)26(33)20-7-6-12-31-20)37-22(15)14-23-32-25-21(36-23)9-8-19(30-5)24(25)28(34)35/h6-9,12,15-18,22,27,30-31H,10-11,13-14H2,1-5H3,(H,34,35)/t15-,16+,17+,18-,22-,27-,29-/m0/s1. The van der Waals surface area contributed by atoms with Gasteiger partial charge in [0.2, 0.25) is 0 Å². The quantitative estimate of drug-likeness (QED) is 0.345. The van der Waals surface area contributed by atoms with Gasteiger partial charge in [0.15, 0.2) is 23.0 Å². The van der Waals surface area contributed by atoms with Crippen molar-refractivity contribution >= 4 is 28.5 Å². The topological polar surface area (TPSA) is 127 Å². The molecule has 0 saturated carbocycles. The first kappa shape index (κ1) is 26.4. The van der Waals surface area contributed by atoms with Crippen LogP contribution in [0.15, 0.2) is 34.9 Å². The third kappa shape index (κ3) is 4.62. The molecule has 0 unspecified atom stereocenters. The zero-order valence-electron chi connectivity index (χ0n) is 22.6. The monoisotopic (exact) mass is 523 g/mol. The van der Waals surface area contributed by atoms with E-state index in [0.717, 1.165) is 19.3 Å². The molecule has 1 spiro atoms. The molecule has 0 bridgehead atoms. The Balaban J connectivity index is 1.39. The van der Waals surface area contributed by atoms with Gasteiger partial charge < -0.3 is 29.3 Å². The number of fused-ring (bicyclic) bond motifs is 1. The van der Waals surface area contributed by atoms with Crippen molar-refractivity contribution in [2.24, 2.45) is 23.7 Å². The van der Waals surface area contributed by atoms with E-state index in [1.165, 1.54) is 0 Å². The van der Waals surface area contributed by atoms with Crippen LogP contribution in [0.2, 0.25) is 0 Å². The molecule has 4 heterocycles. The van der Waals surface area contributed by atoms with Gasteiger partial charge in [0.05, 0.1) is 30.0 Å². The van der Waals surface area contributed by atoms with Crippen LogP contribution in [0.5, 0.6) is 0 Å². The van der Waals surface area contributed by atoms with E-state index in [1.807, 2.05) is 13.0 Å². The predicted molar refractivity (Wildman–Crippen MR) is 142 cm³/mol. The molecule has 9 heteroatoms. The van der Waals surface area contributed by atoms with Gasteiger partial charge in [-0.3, -0.25) is 4.79 Å². The minimum absolute atomic E-state index is 0.0407. The molecule has 2 aliphatic rings. The van der Waals surface area contributed by atoms with Gasteiger partial charge in [-0.2, -0.15) is 0 Å². The number of carboxylic acid groups (broad SMARTS) is 1. The second-order valence-corrected chi connectivity index (χ2v) is 11.1. The highest BCUT2D eigenvalue weighted by Crippen LogP contribution is 2.48. The third-order valence-electron chi connectivity index (χ3n) is 8.54. The summed E-state index contributed by atoms with van der Waals surface area (Å²) < 4.78 is 19.6. The Morgan fingerprint density at radius 2 is 2.00 bits per heavy atom. The number of carbonyl (C=O) groups is 2.